The summed E-state index contributed by atoms with van der Waals surface area (Å²) >= 11 is 0. The Morgan fingerprint density at radius 3 is 2.23 bits per heavy atom. The van der Waals surface area contributed by atoms with E-state index in [9.17, 15) is 18.0 Å². The molecule has 0 N–H and O–H groups in total. The second-order valence-electron chi connectivity index (χ2n) is 8.79. The molecule has 2 aromatic rings. The van der Waals surface area contributed by atoms with Crippen LogP contribution >= 0.6 is 0 Å². The SMILES string of the molecule is O=C1C(c2ccc3cccc(OS(=O)(=O)C4CCCCC4)c3n2)C(=O)C2CC=CCC12. The van der Waals surface area contributed by atoms with Crippen molar-refractivity contribution in [1.29, 1.82) is 0 Å². The van der Waals surface area contributed by atoms with Gasteiger partial charge in [-0.2, -0.15) is 8.42 Å². The van der Waals surface area contributed by atoms with E-state index in [-0.39, 0.29) is 29.2 Å². The number of rotatable bonds is 4. The highest BCUT2D eigenvalue weighted by Crippen LogP contribution is 2.42. The van der Waals surface area contributed by atoms with Crippen LogP contribution in [0.25, 0.3) is 10.9 Å². The molecule has 3 aliphatic rings. The van der Waals surface area contributed by atoms with E-state index >= 15 is 0 Å². The molecule has 6 nitrogen and oxygen atoms in total. The fourth-order valence-corrected chi connectivity index (χ4v) is 6.64. The van der Waals surface area contributed by atoms with E-state index in [0.717, 1.165) is 19.3 Å². The second kappa shape index (κ2) is 7.86. The molecule has 0 spiro atoms. The maximum Gasteiger partial charge on any atom is 0.312 e. The number of carbonyl (C=O) groups excluding carboxylic acids is 2. The Kier molecular flexibility index (Phi) is 5.16. The third-order valence-electron chi connectivity index (χ3n) is 6.90. The predicted octanol–water partition coefficient (Wildman–Crippen LogP) is 4.09. The summed E-state index contributed by atoms with van der Waals surface area (Å²) in [5.41, 5.74) is 0.746. The van der Waals surface area contributed by atoms with Gasteiger partial charge in [-0.1, -0.05) is 49.6 Å². The third kappa shape index (κ3) is 3.59. The van der Waals surface area contributed by atoms with Gasteiger partial charge in [0, 0.05) is 17.2 Å². The summed E-state index contributed by atoms with van der Waals surface area (Å²) in [5.74, 6) is -1.46. The molecule has 2 unspecified atom stereocenters. The van der Waals surface area contributed by atoms with Crippen LogP contribution in [0.3, 0.4) is 0 Å². The van der Waals surface area contributed by atoms with Crippen molar-refractivity contribution < 1.29 is 22.2 Å². The van der Waals surface area contributed by atoms with Gasteiger partial charge in [0.1, 0.15) is 11.4 Å². The van der Waals surface area contributed by atoms with E-state index in [1.165, 1.54) is 0 Å². The van der Waals surface area contributed by atoms with Crippen molar-refractivity contribution in [2.45, 2.75) is 56.1 Å². The molecule has 1 aromatic heterocycles. The maximum atomic E-state index is 13.0. The Morgan fingerprint density at radius 1 is 0.871 bits per heavy atom. The average molecular weight is 440 g/mol. The van der Waals surface area contributed by atoms with Gasteiger partial charge < -0.3 is 4.18 Å². The minimum Gasteiger partial charge on any atom is -0.380 e. The largest absolute Gasteiger partial charge is 0.380 e. The minimum absolute atomic E-state index is 0.0839. The van der Waals surface area contributed by atoms with Gasteiger partial charge in [-0.3, -0.25) is 9.59 Å². The summed E-state index contributed by atoms with van der Waals surface area (Å²) in [7, 11) is -3.78. The highest BCUT2D eigenvalue weighted by atomic mass is 32.2. The first-order valence-corrected chi connectivity index (χ1v) is 12.5. The summed E-state index contributed by atoms with van der Waals surface area (Å²) < 4.78 is 31.2. The zero-order valence-corrected chi connectivity index (χ0v) is 18.0. The number of ketones is 2. The molecule has 3 aliphatic carbocycles. The molecule has 7 heteroatoms. The van der Waals surface area contributed by atoms with Crippen molar-refractivity contribution in [1.82, 2.24) is 4.98 Å². The molecule has 1 aromatic carbocycles. The predicted molar refractivity (Wildman–Crippen MR) is 116 cm³/mol. The first-order valence-electron chi connectivity index (χ1n) is 11.0. The number of hydrogen-bond acceptors (Lipinski definition) is 6. The molecule has 0 bridgehead atoms. The minimum atomic E-state index is -3.78. The Balaban J connectivity index is 1.50. The van der Waals surface area contributed by atoms with Gasteiger partial charge in [-0.05, 0) is 37.8 Å². The van der Waals surface area contributed by atoms with Crippen molar-refractivity contribution in [3.8, 4) is 5.75 Å². The number of benzene rings is 1. The molecule has 0 amide bonds. The summed E-state index contributed by atoms with van der Waals surface area (Å²) in [4.78, 5) is 30.6. The van der Waals surface area contributed by atoms with E-state index in [2.05, 4.69) is 4.98 Å². The fraction of sp³-hybridized carbons (Fsp3) is 0.458. The van der Waals surface area contributed by atoms with E-state index < -0.39 is 21.3 Å². The highest BCUT2D eigenvalue weighted by Gasteiger charge is 2.50. The van der Waals surface area contributed by atoms with Gasteiger partial charge in [0.15, 0.2) is 17.3 Å². The average Bonchev–Trinajstić information content (AvgIpc) is 3.04. The molecular weight excluding hydrogens is 414 g/mol. The number of carbonyl (C=O) groups is 2. The first kappa shape index (κ1) is 20.4. The molecule has 2 fully saturated rings. The van der Waals surface area contributed by atoms with Crippen molar-refractivity contribution in [2.75, 3.05) is 0 Å². The summed E-state index contributed by atoms with van der Waals surface area (Å²) in [5, 5.41) is 0.199. The van der Waals surface area contributed by atoms with Crippen molar-refractivity contribution in [3.63, 3.8) is 0 Å². The van der Waals surface area contributed by atoms with Gasteiger partial charge in [0.05, 0.1) is 10.9 Å². The molecule has 2 saturated carbocycles. The van der Waals surface area contributed by atoms with Crippen LogP contribution < -0.4 is 4.18 Å². The Hall–Kier alpha value is -2.54. The number of aromatic nitrogens is 1. The monoisotopic (exact) mass is 439 g/mol. The zero-order valence-electron chi connectivity index (χ0n) is 17.2. The van der Waals surface area contributed by atoms with E-state index in [0.29, 0.717) is 42.3 Å². The number of pyridine rings is 1. The van der Waals surface area contributed by atoms with E-state index in [4.69, 9.17) is 4.18 Å². The molecule has 0 saturated heterocycles. The lowest BCUT2D eigenvalue weighted by Gasteiger charge is -2.21. The van der Waals surface area contributed by atoms with Crippen LogP contribution in [0.5, 0.6) is 5.75 Å². The number of allylic oxidation sites excluding steroid dienone is 2. The standard InChI is InChI=1S/C24H25NO5S/c26-23-17-10-4-5-11-18(17)24(27)21(23)19-14-13-15-7-6-12-20(22(15)25-19)30-31(28,29)16-8-2-1-3-9-16/h4-7,12-14,16-18,21H,1-3,8-11H2. The van der Waals surface area contributed by atoms with Crippen LogP contribution in [-0.2, 0) is 19.7 Å². The van der Waals surface area contributed by atoms with Gasteiger partial charge in [-0.25, -0.2) is 4.98 Å². The van der Waals surface area contributed by atoms with Gasteiger partial charge >= 0.3 is 10.1 Å². The number of nitrogens with zero attached hydrogens (tertiary/aromatic N) is 1. The Bertz CT molecular complexity index is 1150. The molecule has 1 heterocycles. The molecule has 31 heavy (non-hydrogen) atoms. The zero-order chi connectivity index (χ0) is 21.6. The summed E-state index contributed by atoms with van der Waals surface area (Å²) in [6, 6.07) is 8.60. The van der Waals surface area contributed by atoms with Crippen molar-refractivity contribution >= 4 is 32.6 Å². The third-order valence-corrected chi connectivity index (χ3v) is 8.60. The van der Waals surface area contributed by atoms with Crippen LogP contribution in [-0.4, -0.2) is 30.2 Å². The molecule has 0 radical (unpaired) electrons. The van der Waals surface area contributed by atoms with Crippen LogP contribution in [0.2, 0.25) is 0 Å². The van der Waals surface area contributed by atoms with Crippen molar-refractivity contribution in [3.05, 3.63) is 48.2 Å². The number of hydrogen-bond donors (Lipinski definition) is 0. The van der Waals surface area contributed by atoms with E-state index in [1.54, 1.807) is 24.3 Å². The molecule has 162 valence electrons. The lowest BCUT2D eigenvalue weighted by molar-refractivity contribution is -0.125. The van der Waals surface area contributed by atoms with Gasteiger partial charge in [0.2, 0.25) is 0 Å². The van der Waals surface area contributed by atoms with Crippen LogP contribution in [0.15, 0.2) is 42.5 Å². The lowest BCUT2D eigenvalue weighted by atomic mass is 9.85. The van der Waals surface area contributed by atoms with E-state index in [1.807, 2.05) is 18.2 Å². The molecule has 5 rings (SSSR count). The number of Topliss-reactive ketones (excluding diaryl/α,β-unsaturated/α-hetero) is 2. The number of para-hydroxylation sites is 1. The van der Waals surface area contributed by atoms with Gasteiger partial charge in [0.25, 0.3) is 0 Å². The quantitative estimate of drug-likeness (QED) is 0.405. The first-order chi connectivity index (χ1) is 15.0. The molecular formula is C24H25NO5S. The molecule has 0 aliphatic heterocycles. The second-order valence-corrected chi connectivity index (χ2v) is 10.6. The highest BCUT2D eigenvalue weighted by molar-refractivity contribution is 7.87. The lowest BCUT2D eigenvalue weighted by Crippen LogP contribution is -2.28. The Labute approximate surface area is 181 Å². The Morgan fingerprint density at radius 2 is 1.55 bits per heavy atom. The van der Waals surface area contributed by atoms with Crippen LogP contribution in [0.1, 0.15) is 56.6 Å². The smallest absolute Gasteiger partial charge is 0.312 e. The summed E-state index contributed by atoms with van der Waals surface area (Å²) in [6.45, 7) is 0. The topological polar surface area (TPSA) is 90.4 Å². The number of fused-ring (bicyclic) bond motifs is 2. The summed E-state index contributed by atoms with van der Waals surface area (Å²) in [6.07, 6.45) is 9.13. The van der Waals surface area contributed by atoms with Crippen LogP contribution in [0.4, 0.5) is 0 Å². The maximum absolute atomic E-state index is 13.0. The molecule has 2 atom stereocenters. The fourth-order valence-electron chi connectivity index (χ4n) is 5.21. The van der Waals surface area contributed by atoms with Gasteiger partial charge in [-0.15, -0.1) is 0 Å². The van der Waals surface area contributed by atoms with Crippen molar-refractivity contribution in [2.24, 2.45) is 11.8 Å². The normalized spacial score (nSPS) is 26.9. The van der Waals surface area contributed by atoms with Crippen LogP contribution in [0, 0.1) is 11.8 Å².